The van der Waals surface area contributed by atoms with E-state index in [9.17, 15) is 5.26 Å². The van der Waals surface area contributed by atoms with Gasteiger partial charge in [-0.3, -0.25) is 0 Å². The van der Waals surface area contributed by atoms with Gasteiger partial charge in [-0.1, -0.05) is 30.3 Å². The number of rotatable bonds is 5. The van der Waals surface area contributed by atoms with E-state index in [1.165, 1.54) is 0 Å². The first kappa shape index (κ1) is 22.5. The van der Waals surface area contributed by atoms with Crippen molar-refractivity contribution in [2.24, 2.45) is 0 Å². The lowest BCUT2D eigenvalue weighted by Gasteiger charge is -2.34. The third kappa shape index (κ3) is 4.29. The molecule has 1 saturated heterocycles. The molecular formula is C28H24N8O. The highest BCUT2D eigenvalue weighted by Crippen LogP contribution is 2.31. The number of fused-ring (bicyclic) bond motifs is 1. The van der Waals surface area contributed by atoms with Crippen molar-refractivity contribution in [2.75, 3.05) is 23.8 Å². The quantitative estimate of drug-likeness (QED) is 0.391. The summed E-state index contributed by atoms with van der Waals surface area (Å²) in [6.07, 6.45) is 6.66. The molecular weight excluding hydrogens is 464 g/mol. The SMILES string of the molecule is N#Cc1cccnc1OC1CCN(n2c(-c3cccnc3N)nc3cc(-c4ccccc4)cnc32)CC1. The van der Waals surface area contributed by atoms with Crippen LogP contribution in [0.1, 0.15) is 18.4 Å². The Hall–Kier alpha value is -4.97. The van der Waals surface area contributed by atoms with Crippen LogP contribution in [-0.4, -0.2) is 43.8 Å². The highest BCUT2D eigenvalue weighted by atomic mass is 16.5. The Labute approximate surface area is 213 Å². The Morgan fingerprint density at radius 2 is 1.70 bits per heavy atom. The van der Waals surface area contributed by atoms with E-state index >= 15 is 0 Å². The molecule has 37 heavy (non-hydrogen) atoms. The first-order valence-corrected chi connectivity index (χ1v) is 12.1. The Kier molecular flexibility index (Phi) is 5.83. The summed E-state index contributed by atoms with van der Waals surface area (Å²) in [5, 5.41) is 11.6. The topological polar surface area (TPSA) is 119 Å². The summed E-state index contributed by atoms with van der Waals surface area (Å²) in [5.41, 5.74) is 11.1. The molecule has 4 aromatic heterocycles. The average molecular weight is 489 g/mol. The molecule has 1 fully saturated rings. The largest absolute Gasteiger partial charge is 0.473 e. The van der Waals surface area contributed by atoms with Gasteiger partial charge in [-0.15, -0.1) is 0 Å². The number of nitrogen functional groups attached to an aromatic ring is 1. The third-order valence-corrected chi connectivity index (χ3v) is 6.53. The fourth-order valence-electron chi connectivity index (χ4n) is 4.68. The number of hydrogen-bond acceptors (Lipinski definition) is 8. The van der Waals surface area contributed by atoms with E-state index in [4.69, 9.17) is 20.4 Å². The van der Waals surface area contributed by atoms with E-state index in [2.05, 4.69) is 43.9 Å². The van der Waals surface area contributed by atoms with Crippen molar-refractivity contribution in [3.63, 3.8) is 0 Å². The lowest BCUT2D eigenvalue weighted by molar-refractivity contribution is 0.156. The summed E-state index contributed by atoms with van der Waals surface area (Å²) in [7, 11) is 0. The van der Waals surface area contributed by atoms with Crippen LogP contribution in [0.3, 0.4) is 0 Å². The van der Waals surface area contributed by atoms with Gasteiger partial charge in [0.25, 0.3) is 0 Å². The number of anilines is 1. The summed E-state index contributed by atoms with van der Waals surface area (Å²) in [5.74, 6) is 1.50. The molecule has 5 aromatic rings. The minimum Gasteiger partial charge on any atom is -0.473 e. The van der Waals surface area contributed by atoms with Crippen LogP contribution in [0.25, 0.3) is 33.7 Å². The number of pyridine rings is 3. The summed E-state index contributed by atoms with van der Waals surface area (Å²) in [4.78, 5) is 18.3. The molecule has 0 unspecified atom stereocenters. The van der Waals surface area contributed by atoms with Crippen molar-refractivity contribution in [2.45, 2.75) is 18.9 Å². The van der Waals surface area contributed by atoms with Crippen molar-refractivity contribution < 1.29 is 4.74 Å². The van der Waals surface area contributed by atoms with Crippen LogP contribution in [0.2, 0.25) is 0 Å². The Bertz CT molecular complexity index is 1600. The van der Waals surface area contributed by atoms with Crippen LogP contribution in [0.15, 0.2) is 79.3 Å². The molecule has 9 nitrogen and oxygen atoms in total. The van der Waals surface area contributed by atoms with Crippen LogP contribution >= 0.6 is 0 Å². The number of piperidine rings is 1. The zero-order valence-corrected chi connectivity index (χ0v) is 20.0. The van der Waals surface area contributed by atoms with E-state index in [1.54, 1.807) is 24.5 Å². The summed E-state index contributed by atoms with van der Waals surface area (Å²) < 4.78 is 8.15. The van der Waals surface area contributed by atoms with Crippen LogP contribution in [-0.2, 0) is 0 Å². The summed E-state index contributed by atoms with van der Waals surface area (Å²) >= 11 is 0. The molecule has 182 valence electrons. The number of imidazole rings is 1. The lowest BCUT2D eigenvalue weighted by Crippen LogP contribution is -2.45. The standard InChI is InChI=1S/C28H24N8O/c29-17-20-8-4-13-32-28(20)37-22-10-14-35(15-11-22)36-26(23-9-5-12-31-25(23)30)34-24-16-21(18-33-27(24)36)19-6-2-1-3-7-19/h1-9,12-13,16,18,22H,10-11,14-15H2,(H2,30,31). The Balaban J connectivity index is 1.34. The van der Waals surface area contributed by atoms with Gasteiger partial charge in [-0.25, -0.2) is 24.6 Å². The number of nitriles is 1. The second-order valence-corrected chi connectivity index (χ2v) is 8.85. The van der Waals surface area contributed by atoms with Gasteiger partial charge < -0.3 is 15.5 Å². The summed E-state index contributed by atoms with van der Waals surface area (Å²) in [6.45, 7) is 1.42. The van der Waals surface area contributed by atoms with E-state index in [0.29, 0.717) is 36.2 Å². The lowest BCUT2D eigenvalue weighted by atomic mass is 10.1. The Morgan fingerprint density at radius 1 is 0.919 bits per heavy atom. The molecule has 0 atom stereocenters. The minimum atomic E-state index is -0.0439. The normalized spacial score (nSPS) is 14.0. The number of benzene rings is 1. The van der Waals surface area contributed by atoms with Gasteiger partial charge in [0.15, 0.2) is 11.5 Å². The van der Waals surface area contributed by atoms with Gasteiger partial charge in [0.1, 0.15) is 29.1 Å². The van der Waals surface area contributed by atoms with Crippen LogP contribution < -0.4 is 15.5 Å². The van der Waals surface area contributed by atoms with Gasteiger partial charge in [0, 0.05) is 50.1 Å². The van der Waals surface area contributed by atoms with E-state index < -0.39 is 0 Å². The second-order valence-electron chi connectivity index (χ2n) is 8.85. The smallest absolute Gasteiger partial charge is 0.231 e. The second kappa shape index (κ2) is 9.59. The first-order chi connectivity index (χ1) is 18.2. The first-order valence-electron chi connectivity index (χ1n) is 12.1. The van der Waals surface area contributed by atoms with Crippen molar-refractivity contribution in [1.82, 2.24) is 24.6 Å². The maximum Gasteiger partial charge on any atom is 0.231 e. The molecule has 1 aromatic carbocycles. The van der Waals surface area contributed by atoms with Crippen molar-refractivity contribution in [3.8, 4) is 34.5 Å². The molecule has 0 aliphatic carbocycles. The predicted molar refractivity (Wildman–Crippen MR) is 141 cm³/mol. The average Bonchev–Trinajstić information content (AvgIpc) is 3.33. The molecule has 1 aliphatic rings. The van der Waals surface area contributed by atoms with Crippen LogP contribution in [0.5, 0.6) is 5.88 Å². The van der Waals surface area contributed by atoms with Gasteiger partial charge in [0.2, 0.25) is 5.88 Å². The fourth-order valence-corrected chi connectivity index (χ4v) is 4.68. The fraction of sp³-hybridized carbons (Fsp3) is 0.179. The molecule has 1 aliphatic heterocycles. The molecule has 2 N–H and O–H groups in total. The molecule has 0 amide bonds. The minimum absolute atomic E-state index is 0.0439. The highest BCUT2D eigenvalue weighted by molar-refractivity contribution is 5.84. The van der Waals surface area contributed by atoms with Crippen LogP contribution in [0.4, 0.5) is 5.82 Å². The molecule has 0 saturated carbocycles. The molecule has 9 heteroatoms. The highest BCUT2D eigenvalue weighted by Gasteiger charge is 2.27. The van der Waals surface area contributed by atoms with Gasteiger partial charge in [0.05, 0.1) is 5.56 Å². The van der Waals surface area contributed by atoms with E-state index in [1.807, 2.05) is 36.5 Å². The number of aromatic nitrogens is 5. The molecule has 0 bridgehead atoms. The van der Waals surface area contributed by atoms with Gasteiger partial charge >= 0.3 is 0 Å². The molecule has 0 spiro atoms. The van der Waals surface area contributed by atoms with Gasteiger partial charge in [-0.2, -0.15) is 5.26 Å². The third-order valence-electron chi connectivity index (χ3n) is 6.53. The zero-order valence-electron chi connectivity index (χ0n) is 20.0. The number of hydrogen-bond donors (Lipinski definition) is 1. The van der Waals surface area contributed by atoms with E-state index in [-0.39, 0.29) is 6.10 Å². The molecule has 0 radical (unpaired) electrons. The maximum atomic E-state index is 9.36. The van der Waals surface area contributed by atoms with E-state index in [0.717, 1.165) is 40.7 Å². The number of nitrogens with two attached hydrogens (primary N) is 1. The van der Waals surface area contributed by atoms with Gasteiger partial charge in [-0.05, 0) is 35.9 Å². The number of nitrogens with zero attached hydrogens (tertiary/aromatic N) is 7. The molecule has 5 heterocycles. The predicted octanol–water partition coefficient (Wildman–Crippen LogP) is 4.19. The Morgan fingerprint density at radius 3 is 2.49 bits per heavy atom. The zero-order chi connectivity index (χ0) is 25.2. The number of ether oxygens (including phenoxy) is 1. The van der Waals surface area contributed by atoms with Crippen LogP contribution in [0, 0.1) is 11.3 Å². The monoisotopic (exact) mass is 488 g/mol. The van der Waals surface area contributed by atoms with Crippen molar-refractivity contribution in [1.29, 1.82) is 5.26 Å². The van der Waals surface area contributed by atoms with Crippen molar-refractivity contribution >= 4 is 17.0 Å². The molecule has 6 rings (SSSR count). The maximum absolute atomic E-state index is 9.36. The van der Waals surface area contributed by atoms with Crippen molar-refractivity contribution in [3.05, 3.63) is 84.8 Å². The summed E-state index contributed by atoms with van der Waals surface area (Å²) in [6, 6.07) is 21.6.